The summed E-state index contributed by atoms with van der Waals surface area (Å²) in [6.07, 6.45) is 3.67. The van der Waals surface area contributed by atoms with Crippen molar-refractivity contribution in [1.29, 1.82) is 0 Å². The Morgan fingerprint density at radius 3 is 2.96 bits per heavy atom. The lowest BCUT2D eigenvalue weighted by molar-refractivity contribution is -0.116. The molecule has 1 aromatic carbocycles. The van der Waals surface area contributed by atoms with E-state index in [1.165, 1.54) is 12.1 Å². The standard InChI is InChI=1S/C17H17FN4OS/c1-11-20-12(10-24-11)6-7-16(23)19-9-8-15-21-17-13(18)4-3-5-14(17)22(15)2/h3-7,10H,8-9H2,1-2H3,(H,19,23)/b7-6-. The lowest BCUT2D eigenvalue weighted by Crippen LogP contribution is -2.24. The first-order chi connectivity index (χ1) is 11.5. The summed E-state index contributed by atoms with van der Waals surface area (Å²) in [5.41, 5.74) is 1.88. The fourth-order valence-corrected chi connectivity index (χ4v) is 3.01. The van der Waals surface area contributed by atoms with Crippen LogP contribution in [0.1, 0.15) is 16.5 Å². The van der Waals surface area contributed by atoms with Crippen LogP contribution in [0.3, 0.4) is 0 Å². The van der Waals surface area contributed by atoms with Gasteiger partial charge >= 0.3 is 0 Å². The molecular formula is C17H17FN4OS. The Bertz CT molecular complexity index is 913. The van der Waals surface area contributed by atoms with Gasteiger partial charge in [-0.1, -0.05) is 6.07 Å². The number of hydrogen-bond donors (Lipinski definition) is 1. The van der Waals surface area contributed by atoms with Crippen LogP contribution in [0.25, 0.3) is 17.1 Å². The van der Waals surface area contributed by atoms with Crippen LogP contribution in [0, 0.1) is 12.7 Å². The van der Waals surface area contributed by atoms with Crippen LogP contribution >= 0.6 is 11.3 Å². The first kappa shape index (κ1) is 16.3. The van der Waals surface area contributed by atoms with Crippen molar-refractivity contribution in [2.75, 3.05) is 6.54 Å². The fourth-order valence-electron chi connectivity index (χ4n) is 2.43. The minimum atomic E-state index is -0.333. The quantitative estimate of drug-likeness (QED) is 0.724. The molecule has 2 aromatic heterocycles. The summed E-state index contributed by atoms with van der Waals surface area (Å²) in [4.78, 5) is 20.4. The number of para-hydroxylation sites is 1. The highest BCUT2D eigenvalue weighted by atomic mass is 32.1. The molecule has 2 heterocycles. The van der Waals surface area contributed by atoms with Gasteiger partial charge < -0.3 is 9.88 Å². The zero-order valence-electron chi connectivity index (χ0n) is 13.4. The van der Waals surface area contributed by atoms with E-state index in [-0.39, 0.29) is 11.7 Å². The van der Waals surface area contributed by atoms with Gasteiger partial charge in [-0.25, -0.2) is 14.4 Å². The van der Waals surface area contributed by atoms with Crippen molar-refractivity contribution < 1.29 is 9.18 Å². The predicted molar refractivity (Wildman–Crippen MR) is 93.3 cm³/mol. The third-order valence-electron chi connectivity index (χ3n) is 3.64. The van der Waals surface area contributed by atoms with Crippen molar-refractivity contribution in [1.82, 2.24) is 19.9 Å². The zero-order valence-corrected chi connectivity index (χ0v) is 14.2. The molecule has 1 amide bonds. The molecule has 3 rings (SSSR count). The van der Waals surface area contributed by atoms with Crippen LogP contribution in [0.2, 0.25) is 0 Å². The number of thiazole rings is 1. The van der Waals surface area contributed by atoms with Gasteiger partial charge in [0.25, 0.3) is 0 Å². The number of nitrogens with one attached hydrogen (secondary N) is 1. The van der Waals surface area contributed by atoms with E-state index in [2.05, 4.69) is 15.3 Å². The number of halogens is 1. The molecule has 0 fully saturated rings. The smallest absolute Gasteiger partial charge is 0.244 e. The van der Waals surface area contributed by atoms with Crippen molar-refractivity contribution in [2.24, 2.45) is 7.05 Å². The molecule has 5 nitrogen and oxygen atoms in total. The summed E-state index contributed by atoms with van der Waals surface area (Å²) in [7, 11) is 1.84. The number of amides is 1. The minimum absolute atomic E-state index is 0.189. The second-order valence-corrected chi connectivity index (χ2v) is 6.42. The summed E-state index contributed by atoms with van der Waals surface area (Å²) in [5.74, 6) is 0.208. The Morgan fingerprint density at radius 1 is 1.42 bits per heavy atom. The van der Waals surface area contributed by atoms with Crippen LogP contribution in [-0.4, -0.2) is 27.0 Å². The third-order valence-corrected chi connectivity index (χ3v) is 4.44. The molecular weight excluding hydrogens is 327 g/mol. The lowest BCUT2D eigenvalue weighted by Gasteiger charge is -2.03. The predicted octanol–water partition coefficient (Wildman–Crippen LogP) is 2.85. The van der Waals surface area contributed by atoms with E-state index < -0.39 is 0 Å². The van der Waals surface area contributed by atoms with Gasteiger partial charge in [-0.05, 0) is 25.1 Å². The van der Waals surface area contributed by atoms with Gasteiger partial charge in [0.15, 0.2) is 5.82 Å². The molecule has 124 valence electrons. The van der Waals surface area contributed by atoms with E-state index in [1.807, 2.05) is 30.0 Å². The third kappa shape index (κ3) is 3.51. The molecule has 0 aliphatic rings. The summed E-state index contributed by atoms with van der Waals surface area (Å²) in [5, 5.41) is 5.66. The molecule has 0 atom stereocenters. The highest BCUT2D eigenvalue weighted by Crippen LogP contribution is 2.18. The normalized spacial score (nSPS) is 11.5. The molecule has 0 aliphatic carbocycles. The van der Waals surface area contributed by atoms with Gasteiger partial charge in [0.05, 0.1) is 16.2 Å². The number of aryl methyl sites for hydroxylation is 2. The maximum absolute atomic E-state index is 13.7. The van der Waals surface area contributed by atoms with E-state index in [1.54, 1.807) is 23.5 Å². The largest absolute Gasteiger partial charge is 0.352 e. The average molecular weight is 344 g/mol. The molecule has 0 radical (unpaired) electrons. The van der Waals surface area contributed by atoms with Crippen molar-refractivity contribution in [3.05, 3.63) is 52.0 Å². The van der Waals surface area contributed by atoms with E-state index in [0.29, 0.717) is 18.5 Å². The van der Waals surface area contributed by atoms with Gasteiger partial charge in [-0.3, -0.25) is 4.79 Å². The molecule has 3 aromatic rings. The van der Waals surface area contributed by atoms with E-state index in [0.717, 1.165) is 22.0 Å². The number of fused-ring (bicyclic) bond motifs is 1. The van der Waals surface area contributed by atoms with Crippen LogP contribution in [0.5, 0.6) is 0 Å². The molecule has 0 aliphatic heterocycles. The molecule has 1 N–H and O–H groups in total. The first-order valence-electron chi connectivity index (χ1n) is 7.52. The van der Waals surface area contributed by atoms with Crippen molar-refractivity contribution in [3.63, 3.8) is 0 Å². The van der Waals surface area contributed by atoms with Crippen LogP contribution in [0.15, 0.2) is 29.7 Å². The molecule has 0 unspecified atom stereocenters. The molecule has 0 saturated heterocycles. The number of carbonyl (C=O) groups is 1. The summed E-state index contributed by atoms with van der Waals surface area (Å²) in [6.45, 7) is 2.35. The topological polar surface area (TPSA) is 59.8 Å². The summed E-state index contributed by atoms with van der Waals surface area (Å²) in [6, 6.07) is 4.88. The van der Waals surface area contributed by atoms with Crippen molar-refractivity contribution >= 4 is 34.4 Å². The van der Waals surface area contributed by atoms with Gasteiger partial charge in [0.2, 0.25) is 5.91 Å². The molecule has 0 bridgehead atoms. The highest BCUT2D eigenvalue weighted by Gasteiger charge is 2.10. The SMILES string of the molecule is Cc1nc(/C=C\C(=O)NCCc2nc3c(F)cccc3n2C)cs1. The molecule has 0 spiro atoms. The van der Waals surface area contributed by atoms with Crippen LogP contribution < -0.4 is 5.32 Å². The number of aromatic nitrogens is 3. The average Bonchev–Trinajstić information content (AvgIpc) is 3.11. The van der Waals surface area contributed by atoms with E-state index >= 15 is 0 Å². The van der Waals surface area contributed by atoms with Gasteiger partial charge in [-0.2, -0.15) is 0 Å². The van der Waals surface area contributed by atoms with Crippen LogP contribution in [-0.2, 0) is 18.3 Å². The Hall–Kier alpha value is -2.54. The maximum atomic E-state index is 13.7. The Morgan fingerprint density at radius 2 is 2.25 bits per heavy atom. The van der Waals surface area contributed by atoms with E-state index in [9.17, 15) is 9.18 Å². The number of rotatable bonds is 5. The van der Waals surface area contributed by atoms with Gasteiger partial charge in [0.1, 0.15) is 11.3 Å². The Kier molecular flexibility index (Phi) is 4.71. The van der Waals surface area contributed by atoms with Crippen molar-refractivity contribution in [2.45, 2.75) is 13.3 Å². The number of benzene rings is 1. The number of hydrogen-bond acceptors (Lipinski definition) is 4. The molecule has 7 heteroatoms. The van der Waals surface area contributed by atoms with E-state index in [4.69, 9.17) is 0 Å². The lowest BCUT2D eigenvalue weighted by atomic mass is 10.3. The molecule has 24 heavy (non-hydrogen) atoms. The molecule has 0 saturated carbocycles. The van der Waals surface area contributed by atoms with Crippen LogP contribution in [0.4, 0.5) is 4.39 Å². The second kappa shape index (κ2) is 6.92. The Labute approximate surface area is 142 Å². The minimum Gasteiger partial charge on any atom is -0.352 e. The van der Waals surface area contributed by atoms with Gasteiger partial charge in [0, 0.05) is 31.5 Å². The fraction of sp³-hybridized carbons (Fsp3) is 0.235. The number of nitrogens with zero attached hydrogens (tertiary/aromatic N) is 3. The number of carbonyl (C=O) groups excluding carboxylic acids is 1. The Balaban J connectivity index is 1.58. The first-order valence-corrected chi connectivity index (χ1v) is 8.40. The van der Waals surface area contributed by atoms with Crippen molar-refractivity contribution in [3.8, 4) is 0 Å². The monoisotopic (exact) mass is 344 g/mol. The summed E-state index contributed by atoms with van der Waals surface area (Å²) < 4.78 is 15.6. The van der Waals surface area contributed by atoms with Gasteiger partial charge in [-0.15, -0.1) is 11.3 Å². The second-order valence-electron chi connectivity index (χ2n) is 5.36. The maximum Gasteiger partial charge on any atom is 0.244 e. The summed E-state index contributed by atoms with van der Waals surface area (Å²) >= 11 is 1.54. The highest BCUT2D eigenvalue weighted by molar-refractivity contribution is 7.09. The number of imidazole rings is 1. The zero-order chi connectivity index (χ0) is 17.1.